The number of aliphatic hydroxyl groups excluding tert-OH is 2. The van der Waals surface area contributed by atoms with E-state index in [1.807, 2.05) is 0 Å². The zero-order valence-corrected chi connectivity index (χ0v) is 11.7. The van der Waals surface area contributed by atoms with Crippen LogP contribution in [-0.2, 0) is 9.59 Å². The van der Waals surface area contributed by atoms with E-state index in [9.17, 15) is 19.8 Å². The van der Waals surface area contributed by atoms with Crippen LogP contribution in [0.3, 0.4) is 0 Å². The number of Topliss-reactive ketones (excluding diaryl/α,β-unsaturated/α-hetero) is 1. The molecule has 2 N–H and O–H groups in total. The van der Waals surface area contributed by atoms with Gasteiger partial charge in [-0.05, 0) is 24.6 Å². The lowest BCUT2D eigenvalue weighted by molar-refractivity contribution is -0.133. The summed E-state index contributed by atoms with van der Waals surface area (Å²) in [6, 6.07) is 6.24. The van der Waals surface area contributed by atoms with Gasteiger partial charge in [0.15, 0.2) is 11.5 Å². The number of benzene rings is 1. The molecule has 0 saturated heterocycles. The molecule has 0 saturated carbocycles. The first kappa shape index (κ1) is 13.8. The van der Waals surface area contributed by atoms with Crippen LogP contribution in [0.15, 0.2) is 40.1 Å². The summed E-state index contributed by atoms with van der Waals surface area (Å²) in [4.78, 5) is 24.5. The van der Waals surface area contributed by atoms with E-state index in [0.717, 1.165) is 9.37 Å². The molecule has 5 nitrogen and oxygen atoms in total. The predicted octanol–water partition coefficient (Wildman–Crippen LogP) is 1.68. The average Bonchev–Trinajstić information content (AvgIpc) is 2.63. The highest BCUT2D eigenvalue weighted by Gasteiger charge is 2.41. The van der Waals surface area contributed by atoms with Crippen molar-refractivity contribution in [1.29, 1.82) is 0 Å². The summed E-state index contributed by atoms with van der Waals surface area (Å²) in [5.41, 5.74) is 0.668. The molecule has 0 aliphatic carbocycles. The van der Waals surface area contributed by atoms with E-state index < -0.39 is 30.2 Å². The van der Waals surface area contributed by atoms with E-state index >= 15 is 0 Å². The van der Waals surface area contributed by atoms with Crippen LogP contribution in [-0.4, -0.2) is 33.5 Å². The molecule has 0 fully saturated rings. The summed E-state index contributed by atoms with van der Waals surface area (Å²) in [7, 11) is 0. The van der Waals surface area contributed by atoms with Crippen molar-refractivity contribution in [3.8, 4) is 0 Å². The van der Waals surface area contributed by atoms with Gasteiger partial charge in [-0.2, -0.15) is 0 Å². The minimum absolute atomic E-state index is 0.0152. The molecule has 1 unspecified atom stereocenters. The van der Waals surface area contributed by atoms with Crippen LogP contribution >= 0.6 is 15.9 Å². The lowest BCUT2D eigenvalue weighted by Crippen LogP contribution is -2.31. The Labute approximate surface area is 118 Å². The number of rotatable bonds is 3. The van der Waals surface area contributed by atoms with Gasteiger partial charge in [-0.1, -0.05) is 28.1 Å². The molecule has 2 rings (SSSR count). The molecule has 0 spiro atoms. The van der Waals surface area contributed by atoms with Crippen LogP contribution in [0.5, 0.6) is 0 Å². The van der Waals surface area contributed by atoms with Crippen LogP contribution in [0.1, 0.15) is 18.5 Å². The standard InChI is InChI=1S/C13H12BrNO4/c1-7(17)10-11(8-2-4-9(14)5-3-8)15(6-16)13(19)12(10)18/h2-5,11,16,18H,6H2,1H3. The molecule has 1 heterocycles. The number of hydrogen-bond acceptors (Lipinski definition) is 4. The van der Waals surface area contributed by atoms with Crippen LogP contribution in [0, 0.1) is 0 Å². The Balaban J connectivity index is 2.54. The van der Waals surface area contributed by atoms with Gasteiger partial charge in [0, 0.05) is 4.47 Å². The predicted molar refractivity (Wildman–Crippen MR) is 71.2 cm³/mol. The van der Waals surface area contributed by atoms with Crippen molar-refractivity contribution in [1.82, 2.24) is 4.90 Å². The molecule has 1 aromatic rings. The largest absolute Gasteiger partial charge is 0.503 e. The number of ketones is 1. The van der Waals surface area contributed by atoms with Crippen molar-refractivity contribution < 1.29 is 19.8 Å². The number of nitrogens with zero attached hydrogens (tertiary/aromatic N) is 1. The van der Waals surface area contributed by atoms with Gasteiger partial charge >= 0.3 is 0 Å². The topological polar surface area (TPSA) is 77.8 Å². The highest BCUT2D eigenvalue weighted by Crippen LogP contribution is 2.37. The fourth-order valence-corrected chi connectivity index (χ4v) is 2.41. The van der Waals surface area contributed by atoms with Crippen LogP contribution in [0.4, 0.5) is 0 Å². The smallest absolute Gasteiger partial charge is 0.291 e. The number of aliphatic hydroxyl groups is 2. The molecule has 0 bridgehead atoms. The zero-order valence-electron chi connectivity index (χ0n) is 10.1. The van der Waals surface area contributed by atoms with Crippen molar-refractivity contribution in [2.45, 2.75) is 13.0 Å². The summed E-state index contributed by atoms with van der Waals surface area (Å²) < 4.78 is 0.855. The fourth-order valence-electron chi connectivity index (χ4n) is 2.15. The minimum atomic E-state index is -0.747. The SMILES string of the molecule is CC(=O)C1=C(O)C(=O)N(CO)C1c1ccc(Br)cc1. The number of hydrogen-bond donors (Lipinski definition) is 2. The fraction of sp³-hybridized carbons (Fsp3) is 0.231. The number of carbonyl (C=O) groups is 2. The van der Waals surface area contributed by atoms with Crippen molar-refractivity contribution in [2.24, 2.45) is 0 Å². The Bertz CT molecular complexity index is 565. The Kier molecular flexibility index (Phi) is 3.73. The normalized spacial score (nSPS) is 19.2. The number of halogens is 1. The highest BCUT2D eigenvalue weighted by molar-refractivity contribution is 9.10. The minimum Gasteiger partial charge on any atom is -0.503 e. The Morgan fingerprint density at radius 1 is 1.37 bits per heavy atom. The van der Waals surface area contributed by atoms with E-state index in [1.54, 1.807) is 24.3 Å². The zero-order chi connectivity index (χ0) is 14.2. The molecule has 0 aromatic heterocycles. The van der Waals surface area contributed by atoms with Crippen LogP contribution < -0.4 is 0 Å². The number of amides is 1. The van der Waals surface area contributed by atoms with Gasteiger partial charge in [0.25, 0.3) is 5.91 Å². The van der Waals surface area contributed by atoms with Gasteiger partial charge in [0.05, 0.1) is 11.6 Å². The maximum absolute atomic E-state index is 11.8. The first-order chi connectivity index (χ1) is 8.97. The third-order valence-electron chi connectivity index (χ3n) is 3.02. The lowest BCUT2D eigenvalue weighted by Gasteiger charge is -2.24. The summed E-state index contributed by atoms with van der Waals surface area (Å²) in [6.07, 6.45) is 0. The third kappa shape index (κ3) is 2.29. The molecule has 1 amide bonds. The monoisotopic (exact) mass is 325 g/mol. The average molecular weight is 326 g/mol. The van der Waals surface area contributed by atoms with E-state index in [0.29, 0.717) is 5.56 Å². The molecule has 0 radical (unpaired) electrons. The summed E-state index contributed by atoms with van der Waals surface area (Å²) in [5.74, 6) is -1.72. The second-order valence-corrected chi connectivity index (χ2v) is 5.10. The summed E-state index contributed by atoms with van der Waals surface area (Å²) >= 11 is 3.30. The van der Waals surface area contributed by atoms with Crippen LogP contribution in [0.2, 0.25) is 0 Å². The molecule has 100 valence electrons. The first-order valence-corrected chi connectivity index (χ1v) is 6.38. The quantitative estimate of drug-likeness (QED) is 0.886. The van der Waals surface area contributed by atoms with Gasteiger partial charge < -0.3 is 15.1 Å². The van der Waals surface area contributed by atoms with Crippen molar-refractivity contribution in [2.75, 3.05) is 6.73 Å². The van der Waals surface area contributed by atoms with E-state index in [-0.39, 0.29) is 5.57 Å². The van der Waals surface area contributed by atoms with Gasteiger partial charge in [-0.25, -0.2) is 0 Å². The Hall–Kier alpha value is -1.66. The van der Waals surface area contributed by atoms with E-state index in [2.05, 4.69) is 15.9 Å². The van der Waals surface area contributed by atoms with Gasteiger partial charge in [-0.3, -0.25) is 9.59 Å². The summed E-state index contributed by atoms with van der Waals surface area (Å²) in [5, 5.41) is 19.0. The highest BCUT2D eigenvalue weighted by atomic mass is 79.9. The Morgan fingerprint density at radius 3 is 2.42 bits per heavy atom. The molecule has 1 aromatic carbocycles. The van der Waals surface area contributed by atoms with Crippen molar-refractivity contribution in [3.63, 3.8) is 0 Å². The van der Waals surface area contributed by atoms with E-state index in [1.165, 1.54) is 6.92 Å². The van der Waals surface area contributed by atoms with E-state index in [4.69, 9.17) is 0 Å². The van der Waals surface area contributed by atoms with Gasteiger partial charge in [0.2, 0.25) is 0 Å². The molecular formula is C13H12BrNO4. The lowest BCUT2D eigenvalue weighted by atomic mass is 9.97. The molecule has 1 atom stereocenters. The molecular weight excluding hydrogens is 314 g/mol. The first-order valence-electron chi connectivity index (χ1n) is 5.58. The third-order valence-corrected chi connectivity index (χ3v) is 3.55. The van der Waals surface area contributed by atoms with Crippen molar-refractivity contribution in [3.05, 3.63) is 45.6 Å². The van der Waals surface area contributed by atoms with Crippen molar-refractivity contribution >= 4 is 27.6 Å². The van der Waals surface area contributed by atoms with Crippen LogP contribution in [0.25, 0.3) is 0 Å². The Morgan fingerprint density at radius 2 is 1.95 bits per heavy atom. The van der Waals surface area contributed by atoms with Gasteiger partial charge in [0.1, 0.15) is 6.73 Å². The molecule has 1 aliphatic heterocycles. The second-order valence-electron chi connectivity index (χ2n) is 4.19. The molecule has 6 heteroatoms. The maximum atomic E-state index is 11.8. The molecule has 19 heavy (non-hydrogen) atoms. The van der Waals surface area contributed by atoms with Gasteiger partial charge in [-0.15, -0.1) is 0 Å². The summed E-state index contributed by atoms with van der Waals surface area (Å²) in [6.45, 7) is 0.714. The number of carbonyl (C=O) groups excluding carboxylic acids is 2. The second kappa shape index (κ2) is 5.14. The molecule has 1 aliphatic rings. The maximum Gasteiger partial charge on any atom is 0.291 e.